The summed E-state index contributed by atoms with van der Waals surface area (Å²) in [5.41, 5.74) is 0. The van der Waals surface area contributed by atoms with Crippen molar-refractivity contribution in [1.29, 1.82) is 0 Å². The van der Waals surface area contributed by atoms with E-state index in [0.29, 0.717) is 12.2 Å². The molecule has 0 N–H and O–H groups in total. The standard InChI is InChI=1S/C8H17NOS/c1-7-5-9(3-4-11)6-8(2)10-7/h7-8,11H,3-6H2,1-2H3. The topological polar surface area (TPSA) is 12.5 Å². The van der Waals surface area contributed by atoms with Crippen LogP contribution in [0.2, 0.25) is 0 Å². The molecular weight excluding hydrogens is 158 g/mol. The molecule has 1 rings (SSSR count). The molecule has 11 heavy (non-hydrogen) atoms. The van der Waals surface area contributed by atoms with E-state index in [0.717, 1.165) is 25.4 Å². The van der Waals surface area contributed by atoms with Gasteiger partial charge in [-0.05, 0) is 13.8 Å². The van der Waals surface area contributed by atoms with Crippen LogP contribution in [-0.2, 0) is 4.74 Å². The molecule has 2 unspecified atom stereocenters. The Morgan fingerprint density at radius 2 is 1.91 bits per heavy atom. The van der Waals surface area contributed by atoms with Gasteiger partial charge in [-0.2, -0.15) is 12.6 Å². The van der Waals surface area contributed by atoms with Gasteiger partial charge in [-0.1, -0.05) is 0 Å². The maximum atomic E-state index is 5.60. The summed E-state index contributed by atoms with van der Waals surface area (Å²) < 4.78 is 5.60. The van der Waals surface area contributed by atoms with E-state index in [-0.39, 0.29) is 0 Å². The number of ether oxygens (including phenoxy) is 1. The third-order valence-electron chi connectivity index (χ3n) is 1.91. The summed E-state index contributed by atoms with van der Waals surface area (Å²) in [7, 11) is 0. The lowest BCUT2D eigenvalue weighted by atomic mass is 10.2. The van der Waals surface area contributed by atoms with Crippen LogP contribution in [0, 0.1) is 0 Å². The van der Waals surface area contributed by atoms with Crippen molar-refractivity contribution in [2.45, 2.75) is 26.1 Å². The molecule has 0 spiro atoms. The minimum absolute atomic E-state index is 0.388. The van der Waals surface area contributed by atoms with Crippen LogP contribution in [0.15, 0.2) is 0 Å². The van der Waals surface area contributed by atoms with Crippen molar-refractivity contribution in [3.8, 4) is 0 Å². The van der Waals surface area contributed by atoms with Crippen LogP contribution in [0.5, 0.6) is 0 Å². The van der Waals surface area contributed by atoms with Crippen molar-refractivity contribution in [1.82, 2.24) is 4.90 Å². The molecule has 1 aliphatic rings. The van der Waals surface area contributed by atoms with Gasteiger partial charge in [0.25, 0.3) is 0 Å². The highest BCUT2D eigenvalue weighted by molar-refractivity contribution is 7.80. The molecule has 0 aromatic heterocycles. The SMILES string of the molecule is CC1CN(CCS)CC(C)O1. The lowest BCUT2D eigenvalue weighted by Gasteiger charge is -2.34. The van der Waals surface area contributed by atoms with E-state index >= 15 is 0 Å². The minimum Gasteiger partial charge on any atom is -0.373 e. The summed E-state index contributed by atoms with van der Waals surface area (Å²) in [6, 6.07) is 0. The Morgan fingerprint density at radius 3 is 2.36 bits per heavy atom. The lowest BCUT2D eigenvalue weighted by molar-refractivity contribution is -0.0660. The largest absolute Gasteiger partial charge is 0.373 e. The molecule has 1 saturated heterocycles. The molecule has 0 saturated carbocycles. The zero-order chi connectivity index (χ0) is 8.27. The van der Waals surface area contributed by atoms with Gasteiger partial charge in [0.15, 0.2) is 0 Å². The highest BCUT2D eigenvalue weighted by atomic mass is 32.1. The van der Waals surface area contributed by atoms with E-state index in [9.17, 15) is 0 Å². The first-order valence-corrected chi connectivity index (χ1v) is 4.84. The van der Waals surface area contributed by atoms with Crippen LogP contribution in [0.3, 0.4) is 0 Å². The van der Waals surface area contributed by atoms with Gasteiger partial charge >= 0.3 is 0 Å². The monoisotopic (exact) mass is 175 g/mol. The number of hydrogen-bond acceptors (Lipinski definition) is 3. The molecule has 66 valence electrons. The first-order valence-electron chi connectivity index (χ1n) is 4.21. The van der Waals surface area contributed by atoms with Gasteiger partial charge in [-0.25, -0.2) is 0 Å². The summed E-state index contributed by atoms with van der Waals surface area (Å²) >= 11 is 4.21. The van der Waals surface area contributed by atoms with E-state index in [2.05, 4.69) is 31.4 Å². The van der Waals surface area contributed by atoms with Gasteiger partial charge in [0, 0.05) is 25.4 Å². The fourth-order valence-electron chi connectivity index (χ4n) is 1.61. The maximum Gasteiger partial charge on any atom is 0.0678 e. The molecular formula is C8H17NOS. The fraction of sp³-hybridized carbons (Fsp3) is 1.00. The molecule has 0 bridgehead atoms. The van der Waals surface area contributed by atoms with Gasteiger partial charge < -0.3 is 4.74 Å². The zero-order valence-electron chi connectivity index (χ0n) is 7.29. The van der Waals surface area contributed by atoms with E-state index < -0.39 is 0 Å². The van der Waals surface area contributed by atoms with Crippen molar-refractivity contribution in [3.05, 3.63) is 0 Å². The van der Waals surface area contributed by atoms with E-state index in [4.69, 9.17) is 4.74 Å². The number of thiol groups is 1. The number of hydrogen-bond donors (Lipinski definition) is 1. The molecule has 1 aliphatic heterocycles. The van der Waals surface area contributed by atoms with Gasteiger partial charge in [0.05, 0.1) is 12.2 Å². The van der Waals surface area contributed by atoms with Crippen LogP contribution in [0.25, 0.3) is 0 Å². The Morgan fingerprint density at radius 1 is 1.36 bits per heavy atom. The van der Waals surface area contributed by atoms with E-state index in [1.807, 2.05) is 0 Å². The van der Waals surface area contributed by atoms with Crippen molar-refractivity contribution < 1.29 is 4.74 Å². The summed E-state index contributed by atoms with van der Waals surface area (Å²) in [6.07, 6.45) is 0.775. The Balaban J connectivity index is 2.30. The molecule has 0 aliphatic carbocycles. The highest BCUT2D eigenvalue weighted by Crippen LogP contribution is 2.09. The molecule has 3 heteroatoms. The molecule has 2 nitrogen and oxygen atoms in total. The second-order valence-corrected chi connectivity index (χ2v) is 3.69. The van der Waals surface area contributed by atoms with Crippen LogP contribution < -0.4 is 0 Å². The van der Waals surface area contributed by atoms with Crippen LogP contribution in [-0.4, -0.2) is 42.5 Å². The van der Waals surface area contributed by atoms with Gasteiger partial charge in [-0.3, -0.25) is 4.90 Å². The number of rotatable bonds is 2. The summed E-state index contributed by atoms with van der Waals surface area (Å²) in [6.45, 7) is 7.46. The fourth-order valence-corrected chi connectivity index (χ4v) is 1.89. The first-order chi connectivity index (χ1) is 5.22. The van der Waals surface area contributed by atoms with E-state index in [1.54, 1.807) is 0 Å². The second kappa shape index (κ2) is 4.33. The third kappa shape index (κ3) is 3.01. The molecule has 1 heterocycles. The zero-order valence-corrected chi connectivity index (χ0v) is 8.18. The van der Waals surface area contributed by atoms with Gasteiger partial charge in [0.2, 0.25) is 0 Å². The predicted molar refractivity (Wildman–Crippen MR) is 50.3 cm³/mol. The first kappa shape index (κ1) is 9.36. The van der Waals surface area contributed by atoms with Crippen molar-refractivity contribution in [2.75, 3.05) is 25.4 Å². The average Bonchev–Trinajstić information content (AvgIpc) is 1.85. The molecule has 0 aromatic rings. The third-order valence-corrected chi connectivity index (χ3v) is 2.11. The summed E-state index contributed by atoms with van der Waals surface area (Å²) in [5.74, 6) is 0.944. The van der Waals surface area contributed by atoms with Crippen LogP contribution in [0.4, 0.5) is 0 Å². The number of nitrogens with zero attached hydrogens (tertiary/aromatic N) is 1. The van der Waals surface area contributed by atoms with Crippen molar-refractivity contribution in [2.24, 2.45) is 0 Å². The smallest absolute Gasteiger partial charge is 0.0678 e. The molecule has 0 radical (unpaired) electrons. The lowest BCUT2D eigenvalue weighted by Crippen LogP contribution is -2.45. The molecule has 2 atom stereocenters. The van der Waals surface area contributed by atoms with Gasteiger partial charge in [-0.15, -0.1) is 0 Å². The normalized spacial score (nSPS) is 34.1. The second-order valence-electron chi connectivity index (χ2n) is 3.24. The average molecular weight is 175 g/mol. The summed E-state index contributed by atoms with van der Waals surface area (Å²) in [4.78, 5) is 2.41. The van der Waals surface area contributed by atoms with Gasteiger partial charge in [0.1, 0.15) is 0 Å². The quantitative estimate of drug-likeness (QED) is 0.629. The Kier molecular flexibility index (Phi) is 3.69. The van der Waals surface area contributed by atoms with Crippen LogP contribution in [0.1, 0.15) is 13.8 Å². The predicted octanol–water partition coefficient (Wildman–Crippen LogP) is 1.03. The summed E-state index contributed by atoms with van der Waals surface area (Å²) in [5, 5.41) is 0. The molecule has 0 aromatic carbocycles. The van der Waals surface area contributed by atoms with Crippen molar-refractivity contribution in [3.63, 3.8) is 0 Å². The Labute approximate surface area is 74.3 Å². The molecule has 0 amide bonds. The minimum atomic E-state index is 0.388. The Hall–Kier alpha value is 0.270. The highest BCUT2D eigenvalue weighted by Gasteiger charge is 2.20. The Bertz CT molecular complexity index is 111. The number of morpholine rings is 1. The van der Waals surface area contributed by atoms with Crippen molar-refractivity contribution >= 4 is 12.6 Å². The maximum absolute atomic E-state index is 5.60. The van der Waals surface area contributed by atoms with Crippen LogP contribution >= 0.6 is 12.6 Å². The molecule has 1 fully saturated rings. The van der Waals surface area contributed by atoms with E-state index in [1.165, 1.54) is 0 Å².